The van der Waals surface area contributed by atoms with Gasteiger partial charge in [0.1, 0.15) is 6.67 Å². The Morgan fingerprint density at radius 3 is 2.78 bits per heavy atom. The molecule has 5 heteroatoms. The Balaban J connectivity index is 1.63. The maximum Gasteiger partial charge on any atom is 0.252 e. The van der Waals surface area contributed by atoms with Crippen LogP contribution in [0.4, 0.5) is 0 Å². The first-order chi connectivity index (χ1) is 10.9. The van der Waals surface area contributed by atoms with Crippen LogP contribution in [-0.4, -0.2) is 20.3 Å². The molecule has 0 unspecified atom stereocenters. The van der Waals surface area contributed by atoms with Gasteiger partial charge in [-0.3, -0.25) is 19.1 Å². The summed E-state index contributed by atoms with van der Waals surface area (Å²) >= 11 is 0. The quantitative estimate of drug-likeness (QED) is 0.632. The van der Waals surface area contributed by atoms with Crippen LogP contribution in [0.15, 0.2) is 42.7 Å². The molecule has 0 fully saturated rings. The van der Waals surface area contributed by atoms with E-state index in [0.29, 0.717) is 0 Å². The van der Waals surface area contributed by atoms with Crippen LogP contribution in [0.3, 0.4) is 0 Å². The smallest absolute Gasteiger partial charge is 0.252 e. The summed E-state index contributed by atoms with van der Waals surface area (Å²) in [6, 6.07) is 9.59. The first-order valence-electron chi connectivity index (χ1n) is 7.85. The molecule has 1 atom stereocenters. The molecule has 1 aromatic heterocycles. The fourth-order valence-corrected chi connectivity index (χ4v) is 3.11. The van der Waals surface area contributed by atoms with Crippen LogP contribution >= 0.6 is 0 Å². The zero-order valence-electron chi connectivity index (χ0n) is 13.6. The van der Waals surface area contributed by atoms with Gasteiger partial charge < -0.3 is 5.32 Å². The third-order valence-corrected chi connectivity index (χ3v) is 4.40. The molecular weight excluding hydrogens is 288 g/mol. The highest BCUT2D eigenvalue weighted by molar-refractivity contribution is 6.02. The van der Waals surface area contributed by atoms with Gasteiger partial charge in [0.05, 0.1) is 23.0 Å². The highest BCUT2D eigenvalue weighted by atomic mass is 16.1. The van der Waals surface area contributed by atoms with Crippen LogP contribution in [0.1, 0.15) is 42.9 Å². The number of rotatable bonds is 3. The van der Waals surface area contributed by atoms with Gasteiger partial charge in [-0.05, 0) is 29.7 Å². The van der Waals surface area contributed by atoms with Crippen LogP contribution in [-0.2, 0) is 6.67 Å². The summed E-state index contributed by atoms with van der Waals surface area (Å²) in [7, 11) is 0. The maximum absolute atomic E-state index is 12.8. The molecule has 3 aliphatic rings. The Hall–Kier alpha value is -2.56. The second-order valence-corrected chi connectivity index (χ2v) is 7.18. The number of pyridine rings is 1. The van der Waals surface area contributed by atoms with E-state index in [4.69, 9.17) is 0 Å². The predicted molar refractivity (Wildman–Crippen MR) is 88.3 cm³/mol. The van der Waals surface area contributed by atoms with Crippen molar-refractivity contribution in [3.05, 3.63) is 54.0 Å². The van der Waals surface area contributed by atoms with Crippen molar-refractivity contribution in [2.75, 3.05) is 0 Å². The molecule has 0 radical (unpaired) electrons. The number of carbonyl (C=O) groups is 1. The van der Waals surface area contributed by atoms with Crippen molar-refractivity contribution in [1.29, 1.82) is 0 Å². The summed E-state index contributed by atoms with van der Waals surface area (Å²) in [6.07, 6.45) is 3.80. The average molecular weight is 308 g/mol. The molecule has 0 saturated carbocycles. The molecule has 0 saturated heterocycles. The molecule has 1 aliphatic carbocycles. The lowest BCUT2D eigenvalue weighted by Crippen LogP contribution is -2.37. The number of carbonyl (C=O) groups excluding carboxylic acids is 1. The van der Waals surface area contributed by atoms with Gasteiger partial charge in [-0.15, -0.1) is 0 Å². The predicted octanol–water partition coefficient (Wildman–Crippen LogP) is 3.13. The summed E-state index contributed by atoms with van der Waals surface area (Å²) in [5.74, 6) is -0.0446. The minimum atomic E-state index is -0.140. The number of aromatic nitrogens is 3. The van der Waals surface area contributed by atoms with E-state index in [1.807, 2.05) is 36.5 Å². The molecule has 118 valence electrons. The summed E-state index contributed by atoms with van der Waals surface area (Å²) in [4.78, 5) is 17.3. The zero-order chi connectivity index (χ0) is 16.2. The molecule has 4 rings (SSSR count). The number of nitrogens with zero attached hydrogens (tertiary/aromatic N) is 3. The lowest BCUT2D eigenvalue weighted by molar-refractivity contribution is 0.0900. The molecule has 0 aromatic carbocycles. The molecule has 5 nitrogen and oxygen atoms in total. The third kappa shape index (κ3) is 2.32. The van der Waals surface area contributed by atoms with Crippen LogP contribution in [0.2, 0.25) is 0 Å². The van der Waals surface area contributed by atoms with Crippen molar-refractivity contribution < 1.29 is 4.79 Å². The number of hydrogen-bond donors (Lipinski definition) is 1. The van der Waals surface area contributed by atoms with Crippen LogP contribution < -0.4 is 5.32 Å². The van der Waals surface area contributed by atoms with Gasteiger partial charge in [0.2, 0.25) is 0 Å². The topological polar surface area (TPSA) is 51.9 Å². The Labute approximate surface area is 135 Å². The Morgan fingerprint density at radius 2 is 2.09 bits per heavy atom. The number of fused-ring (bicyclic) bond motifs is 3. The molecule has 23 heavy (non-hydrogen) atoms. The number of hydrogen-bond acceptors (Lipinski definition) is 2. The highest BCUT2D eigenvalue weighted by Crippen LogP contribution is 2.36. The summed E-state index contributed by atoms with van der Waals surface area (Å²) in [6.45, 7) is 7.26. The van der Waals surface area contributed by atoms with Gasteiger partial charge in [0, 0.05) is 18.0 Å². The maximum atomic E-state index is 12.8. The molecular formula is C18H20N4O. The van der Waals surface area contributed by atoms with Crippen molar-refractivity contribution in [2.24, 2.45) is 5.41 Å². The summed E-state index contributed by atoms with van der Waals surface area (Å²) < 4.78 is 4.24. The van der Waals surface area contributed by atoms with Gasteiger partial charge in [-0.25, -0.2) is 0 Å². The van der Waals surface area contributed by atoms with Gasteiger partial charge in [0.15, 0.2) is 0 Å². The van der Waals surface area contributed by atoms with E-state index in [2.05, 4.69) is 40.4 Å². The summed E-state index contributed by atoms with van der Waals surface area (Å²) in [5, 5.41) is 3.18. The molecule has 2 aliphatic heterocycles. The van der Waals surface area contributed by atoms with E-state index in [-0.39, 0.29) is 17.4 Å². The normalized spacial score (nSPS) is 14.6. The van der Waals surface area contributed by atoms with E-state index < -0.39 is 0 Å². The average Bonchev–Trinajstić information content (AvgIpc) is 2.99. The van der Waals surface area contributed by atoms with E-state index in [9.17, 15) is 4.79 Å². The Morgan fingerprint density at radius 1 is 1.26 bits per heavy atom. The fraction of sp³-hybridized carbons (Fsp3) is 0.333. The van der Waals surface area contributed by atoms with Crippen molar-refractivity contribution >= 4 is 5.91 Å². The van der Waals surface area contributed by atoms with Gasteiger partial charge in [0.25, 0.3) is 5.91 Å². The van der Waals surface area contributed by atoms with Crippen LogP contribution in [0, 0.1) is 5.41 Å². The minimum absolute atomic E-state index is 0.0446. The minimum Gasteiger partial charge on any atom is -0.343 e. The van der Waals surface area contributed by atoms with Crippen molar-refractivity contribution in [3.8, 4) is 11.3 Å². The van der Waals surface area contributed by atoms with Gasteiger partial charge in [-0.1, -0.05) is 26.8 Å². The zero-order valence-corrected chi connectivity index (χ0v) is 13.6. The van der Waals surface area contributed by atoms with Gasteiger partial charge >= 0.3 is 0 Å². The van der Waals surface area contributed by atoms with E-state index in [1.165, 1.54) is 0 Å². The lowest BCUT2D eigenvalue weighted by atomic mass is 9.84. The molecule has 1 N–H and O–H groups in total. The second kappa shape index (κ2) is 4.72. The van der Waals surface area contributed by atoms with E-state index in [1.54, 1.807) is 6.20 Å². The monoisotopic (exact) mass is 308 g/mol. The van der Waals surface area contributed by atoms with Crippen molar-refractivity contribution in [2.45, 2.75) is 33.5 Å². The second-order valence-electron chi connectivity index (χ2n) is 7.18. The summed E-state index contributed by atoms with van der Waals surface area (Å²) in [5.41, 5.74) is 3.63. The molecule has 0 bridgehead atoms. The Kier molecular flexibility index (Phi) is 2.88. The molecule has 0 spiro atoms. The third-order valence-electron chi connectivity index (χ3n) is 4.40. The largest absolute Gasteiger partial charge is 0.343 e. The molecule has 1 aromatic rings. The van der Waals surface area contributed by atoms with Crippen LogP contribution in [0.25, 0.3) is 11.3 Å². The molecule has 3 heterocycles. The van der Waals surface area contributed by atoms with Crippen molar-refractivity contribution in [3.63, 3.8) is 0 Å². The van der Waals surface area contributed by atoms with Crippen molar-refractivity contribution in [1.82, 2.24) is 19.7 Å². The molecule has 1 amide bonds. The van der Waals surface area contributed by atoms with E-state index in [0.717, 1.165) is 29.2 Å². The fourth-order valence-electron chi connectivity index (χ4n) is 3.11. The number of amides is 1. The first-order valence-corrected chi connectivity index (χ1v) is 7.85. The Bertz CT molecular complexity index is 838. The van der Waals surface area contributed by atoms with Crippen LogP contribution in [0.5, 0.6) is 0 Å². The standard InChI is InChI=1S/C18H20N4O/c1-18(2,3)16(14-6-4-5-9-19-14)20-17(23)12-7-8-15-13(12)10-21-11-22(15)21/h4-10,16H,11H2,1-3H3,(H,20,23)/t16-,21?,22?/m1/s1. The van der Waals surface area contributed by atoms with E-state index >= 15 is 0 Å². The SMILES string of the molecule is CC(C)(C)[C@H](NC(=O)c1ccc2n3n(cc1-2)C3)c1ccccn1. The first kappa shape index (κ1) is 14.1. The lowest BCUT2D eigenvalue weighted by Gasteiger charge is -2.31. The number of nitrogens with one attached hydrogen (secondary N) is 1. The van der Waals surface area contributed by atoms with Gasteiger partial charge in [-0.2, -0.15) is 0 Å². The highest BCUT2D eigenvalue weighted by Gasteiger charge is 2.32.